The molecule has 0 radical (unpaired) electrons. The number of benzene rings is 1. The van der Waals surface area contributed by atoms with Crippen LogP contribution in [0.1, 0.15) is 10.4 Å². The Morgan fingerprint density at radius 3 is 2.65 bits per heavy atom. The molecule has 1 aliphatic heterocycles. The molecule has 0 unspecified atom stereocenters. The van der Waals surface area contributed by atoms with Crippen molar-refractivity contribution in [3.63, 3.8) is 0 Å². The molecule has 3 aromatic rings. The summed E-state index contributed by atoms with van der Waals surface area (Å²) < 4.78 is 7.81. The summed E-state index contributed by atoms with van der Waals surface area (Å²) in [5, 5.41) is 6.46. The molecule has 0 bridgehead atoms. The van der Waals surface area contributed by atoms with Crippen LogP contribution < -0.4 is 0 Å². The summed E-state index contributed by atoms with van der Waals surface area (Å²) in [4.78, 5) is 23.3. The van der Waals surface area contributed by atoms with Gasteiger partial charge >= 0.3 is 0 Å². The van der Waals surface area contributed by atoms with Crippen LogP contribution in [0.2, 0.25) is 0 Å². The third-order valence-electron chi connectivity index (χ3n) is 4.18. The molecular weight excluding hydrogens is 418 g/mol. The second-order valence-corrected chi connectivity index (χ2v) is 7.47. The molecule has 3 heterocycles. The first kappa shape index (κ1) is 17.4. The Morgan fingerprint density at radius 1 is 1.23 bits per heavy atom. The van der Waals surface area contributed by atoms with Gasteiger partial charge in [0.1, 0.15) is 5.03 Å². The zero-order valence-electron chi connectivity index (χ0n) is 14.1. The van der Waals surface area contributed by atoms with Gasteiger partial charge in [0.15, 0.2) is 0 Å². The van der Waals surface area contributed by atoms with Crippen LogP contribution in [-0.4, -0.2) is 63.1 Å². The van der Waals surface area contributed by atoms with Gasteiger partial charge in [-0.2, -0.15) is 9.78 Å². The molecule has 0 saturated carbocycles. The van der Waals surface area contributed by atoms with Gasteiger partial charge in [0.05, 0.1) is 23.2 Å². The molecule has 134 valence electrons. The number of fused-ring (bicyclic) bond motifs is 1. The van der Waals surface area contributed by atoms with Crippen molar-refractivity contribution in [2.75, 3.05) is 32.6 Å². The predicted octanol–water partition coefficient (Wildman–Crippen LogP) is 2.77. The number of aromatic nitrogens is 4. The monoisotopic (exact) mass is 433 g/mol. The topological polar surface area (TPSA) is 73.1 Å². The average Bonchev–Trinajstić information content (AvgIpc) is 3.06. The lowest BCUT2D eigenvalue weighted by Crippen LogP contribution is -2.40. The molecule has 1 aliphatic rings. The van der Waals surface area contributed by atoms with Crippen LogP contribution in [-0.2, 0) is 4.74 Å². The number of amides is 1. The first-order chi connectivity index (χ1) is 12.7. The fourth-order valence-electron chi connectivity index (χ4n) is 2.89. The quantitative estimate of drug-likeness (QED) is 0.591. The van der Waals surface area contributed by atoms with Gasteiger partial charge in [-0.3, -0.25) is 4.79 Å². The van der Waals surface area contributed by atoms with E-state index in [1.807, 2.05) is 29.4 Å². The number of thioether (sulfide) groups is 1. The van der Waals surface area contributed by atoms with Crippen LogP contribution in [0.25, 0.3) is 16.9 Å². The van der Waals surface area contributed by atoms with E-state index in [9.17, 15) is 4.79 Å². The zero-order chi connectivity index (χ0) is 18.1. The molecule has 4 rings (SSSR count). The Balaban J connectivity index is 1.79. The molecule has 26 heavy (non-hydrogen) atoms. The van der Waals surface area contributed by atoms with Gasteiger partial charge in [0, 0.05) is 36.4 Å². The van der Waals surface area contributed by atoms with E-state index >= 15 is 0 Å². The van der Waals surface area contributed by atoms with Gasteiger partial charge in [-0.1, -0.05) is 0 Å². The lowest BCUT2D eigenvalue weighted by atomic mass is 10.1. The van der Waals surface area contributed by atoms with Gasteiger partial charge in [-0.05, 0) is 40.4 Å². The summed E-state index contributed by atoms with van der Waals surface area (Å²) in [6.45, 7) is 2.38. The van der Waals surface area contributed by atoms with Crippen molar-refractivity contribution in [3.8, 4) is 5.95 Å². The SMILES string of the molecule is CSc1nn(-c2ncc(Br)cn2)c2cc(C(=O)N3CCOCC3)ccc12. The number of hydrogen-bond donors (Lipinski definition) is 0. The molecule has 1 amide bonds. The van der Waals surface area contributed by atoms with E-state index in [0.717, 1.165) is 20.4 Å². The largest absolute Gasteiger partial charge is 0.378 e. The molecule has 0 spiro atoms. The van der Waals surface area contributed by atoms with Crippen LogP contribution in [0.5, 0.6) is 0 Å². The van der Waals surface area contributed by atoms with Gasteiger partial charge in [-0.25, -0.2) is 9.97 Å². The van der Waals surface area contributed by atoms with Gasteiger partial charge < -0.3 is 9.64 Å². The minimum atomic E-state index is 0.00498. The normalized spacial score (nSPS) is 14.8. The summed E-state index contributed by atoms with van der Waals surface area (Å²) in [5.74, 6) is 0.472. The van der Waals surface area contributed by atoms with Crippen LogP contribution in [0.15, 0.2) is 40.1 Å². The van der Waals surface area contributed by atoms with Crippen molar-refractivity contribution in [1.82, 2.24) is 24.6 Å². The van der Waals surface area contributed by atoms with Crippen molar-refractivity contribution in [1.29, 1.82) is 0 Å². The van der Waals surface area contributed by atoms with Crippen LogP contribution in [0.4, 0.5) is 0 Å². The number of morpholine rings is 1. The minimum absolute atomic E-state index is 0.00498. The Hall–Kier alpha value is -1.97. The van der Waals surface area contributed by atoms with E-state index in [1.165, 1.54) is 0 Å². The fraction of sp³-hybridized carbons (Fsp3) is 0.294. The van der Waals surface area contributed by atoms with E-state index in [-0.39, 0.29) is 5.91 Å². The summed E-state index contributed by atoms with van der Waals surface area (Å²) in [6.07, 6.45) is 5.33. The number of rotatable bonds is 3. The predicted molar refractivity (Wildman–Crippen MR) is 103 cm³/mol. The van der Waals surface area contributed by atoms with Crippen LogP contribution in [0.3, 0.4) is 0 Å². The highest BCUT2D eigenvalue weighted by Gasteiger charge is 2.21. The second kappa shape index (κ2) is 7.34. The first-order valence-electron chi connectivity index (χ1n) is 8.09. The number of carbonyl (C=O) groups is 1. The number of halogens is 1. The van der Waals surface area contributed by atoms with Crippen molar-refractivity contribution < 1.29 is 9.53 Å². The highest BCUT2D eigenvalue weighted by atomic mass is 79.9. The molecule has 2 aromatic heterocycles. The van der Waals surface area contributed by atoms with Crippen LogP contribution in [0, 0.1) is 0 Å². The minimum Gasteiger partial charge on any atom is -0.378 e. The van der Waals surface area contributed by atoms with E-state index in [2.05, 4.69) is 31.0 Å². The third-order valence-corrected chi connectivity index (χ3v) is 5.28. The summed E-state index contributed by atoms with van der Waals surface area (Å²) in [5.41, 5.74) is 1.45. The summed E-state index contributed by atoms with van der Waals surface area (Å²) >= 11 is 4.89. The molecule has 9 heteroatoms. The second-order valence-electron chi connectivity index (χ2n) is 5.76. The third kappa shape index (κ3) is 3.22. The number of nitrogens with zero attached hydrogens (tertiary/aromatic N) is 5. The smallest absolute Gasteiger partial charge is 0.254 e. The summed E-state index contributed by atoms with van der Waals surface area (Å²) in [7, 11) is 0. The van der Waals surface area contributed by atoms with Gasteiger partial charge in [0.2, 0.25) is 0 Å². The number of hydrogen-bond acceptors (Lipinski definition) is 6. The first-order valence-corrected chi connectivity index (χ1v) is 10.1. The maximum Gasteiger partial charge on any atom is 0.254 e. The molecule has 0 atom stereocenters. The maximum atomic E-state index is 12.8. The van der Waals surface area contributed by atoms with Crippen molar-refractivity contribution in [3.05, 3.63) is 40.6 Å². The molecule has 7 nitrogen and oxygen atoms in total. The Labute approximate surface area is 162 Å². The van der Waals surface area contributed by atoms with Crippen molar-refractivity contribution >= 4 is 44.5 Å². The van der Waals surface area contributed by atoms with Gasteiger partial charge in [-0.15, -0.1) is 11.8 Å². The van der Waals surface area contributed by atoms with E-state index in [0.29, 0.717) is 37.8 Å². The Bertz CT molecular complexity index is 954. The number of ether oxygens (including phenoxy) is 1. The lowest BCUT2D eigenvalue weighted by Gasteiger charge is -2.26. The average molecular weight is 434 g/mol. The molecule has 0 aliphatic carbocycles. The molecule has 1 saturated heterocycles. The van der Waals surface area contributed by atoms with E-state index in [4.69, 9.17) is 4.74 Å². The molecule has 0 N–H and O–H groups in total. The highest BCUT2D eigenvalue weighted by Crippen LogP contribution is 2.28. The lowest BCUT2D eigenvalue weighted by molar-refractivity contribution is 0.0303. The van der Waals surface area contributed by atoms with Crippen molar-refractivity contribution in [2.24, 2.45) is 0 Å². The standard InChI is InChI=1S/C17H16BrN5O2S/c1-26-15-13-3-2-11(16(24)22-4-6-25-7-5-22)8-14(13)23(21-15)17-19-9-12(18)10-20-17/h2-3,8-10H,4-7H2,1H3. The van der Waals surface area contributed by atoms with Gasteiger partial charge in [0.25, 0.3) is 11.9 Å². The summed E-state index contributed by atoms with van der Waals surface area (Å²) in [6, 6.07) is 5.66. The van der Waals surface area contributed by atoms with Crippen molar-refractivity contribution in [2.45, 2.75) is 5.03 Å². The molecule has 1 fully saturated rings. The Kier molecular flexibility index (Phi) is 4.92. The number of carbonyl (C=O) groups excluding carboxylic acids is 1. The maximum absolute atomic E-state index is 12.8. The highest BCUT2D eigenvalue weighted by molar-refractivity contribution is 9.10. The van der Waals surface area contributed by atoms with E-state index in [1.54, 1.807) is 28.8 Å². The van der Waals surface area contributed by atoms with E-state index < -0.39 is 0 Å². The zero-order valence-corrected chi connectivity index (χ0v) is 16.5. The Morgan fingerprint density at radius 2 is 1.96 bits per heavy atom. The fourth-order valence-corrected chi connectivity index (χ4v) is 3.65. The molecule has 1 aromatic carbocycles. The molecular formula is C17H16BrN5O2S. The van der Waals surface area contributed by atoms with Crippen LogP contribution >= 0.6 is 27.7 Å².